The van der Waals surface area contributed by atoms with Crippen molar-refractivity contribution in [1.29, 1.82) is 0 Å². The highest BCUT2D eigenvalue weighted by Gasteiger charge is 2.17. The third-order valence-electron chi connectivity index (χ3n) is 3.54. The van der Waals surface area contributed by atoms with Crippen LogP contribution < -0.4 is 10.6 Å². The van der Waals surface area contributed by atoms with E-state index in [1.165, 1.54) is 18.3 Å². The van der Waals surface area contributed by atoms with Gasteiger partial charge in [0.15, 0.2) is 0 Å². The molecular weight excluding hydrogens is 336 g/mol. The van der Waals surface area contributed by atoms with Gasteiger partial charge in [-0.15, -0.1) is 0 Å². The van der Waals surface area contributed by atoms with Crippen LogP contribution in [0.25, 0.3) is 0 Å². The zero-order chi connectivity index (χ0) is 19.3. The third kappa shape index (κ3) is 4.85. The number of amides is 2. The molecule has 0 aliphatic rings. The van der Waals surface area contributed by atoms with Crippen LogP contribution in [-0.4, -0.2) is 39.4 Å². The zero-order valence-corrected chi connectivity index (χ0v) is 14.7. The Kier molecular flexibility index (Phi) is 6.00. The van der Waals surface area contributed by atoms with Crippen molar-refractivity contribution >= 4 is 23.5 Å². The first-order valence-electron chi connectivity index (χ1n) is 8.03. The lowest BCUT2D eigenvalue weighted by Gasteiger charge is -2.12. The van der Waals surface area contributed by atoms with E-state index in [-0.39, 0.29) is 11.8 Å². The van der Waals surface area contributed by atoms with Gasteiger partial charge in [0, 0.05) is 17.4 Å². The highest BCUT2D eigenvalue weighted by molar-refractivity contribution is 6.05. The average molecular weight is 356 g/mol. The second-order valence-electron chi connectivity index (χ2n) is 5.98. The fraction of sp³-hybridized carbons (Fsp3) is 0.278. The Hall–Kier alpha value is -3.29. The number of benzene rings is 1. The minimum absolute atomic E-state index is 0.0674. The average Bonchev–Trinajstić information content (AvgIpc) is 2.60. The normalized spacial score (nSPS) is 10.5. The van der Waals surface area contributed by atoms with E-state index in [0.29, 0.717) is 28.3 Å². The van der Waals surface area contributed by atoms with Gasteiger partial charge in [-0.2, -0.15) is 0 Å². The summed E-state index contributed by atoms with van der Waals surface area (Å²) in [6.45, 7) is 5.20. The van der Waals surface area contributed by atoms with Crippen LogP contribution in [0.1, 0.15) is 52.0 Å². The maximum Gasteiger partial charge on any atom is 0.322 e. The quantitative estimate of drug-likeness (QED) is 0.727. The van der Waals surface area contributed by atoms with Crippen LogP contribution in [0.2, 0.25) is 0 Å². The molecule has 2 amide bonds. The molecule has 0 aliphatic heterocycles. The van der Waals surface area contributed by atoms with E-state index < -0.39 is 18.4 Å². The van der Waals surface area contributed by atoms with Crippen molar-refractivity contribution in [3.05, 3.63) is 53.1 Å². The minimum atomic E-state index is -1.12. The molecular formula is C18H20N4O4. The summed E-state index contributed by atoms with van der Waals surface area (Å²) in [5.41, 5.74) is 1.86. The first kappa shape index (κ1) is 19.0. The maximum atomic E-state index is 12.5. The summed E-state index contributed by atoms with van der Waals surface area (Å²) in [5, 5.41) is 13.6. The van der Waals surface area contributed by atoms with E-state index in [0.717, 1.165) is 0 Å². The predicted molar refractivity (Wildman–Crippen MR) is 95.2 cm³/mol. The maximum absolute atomic E-state index is 12.5. The molecule has 0 saturated heterocycles. The van der Waals surface area contributed by atoms with Crippen molar-refractivity contribution in [2.45, 2.75) is 26.7 Å². The Morgan fingerprint density at radius 1 is 1.12 bits per heavy atom. The van der Waals surface area contributed by atoms with Crippen LogP contribution in [0.15, 0.2) is 30.5 Å². The fourth-order valence-corrected chi connectivity index (χ4v) is 2.26. The van der Waals surface area contributed by atoms with Gasteiger partial charge in [0.05, 0.1) is 11.3 Å². The Labute approximate surface area is 150 Å². The van der Waals surface area contributed by atoms with Crippen molar-refractivity contribution in [3.63, 3.8) is 0 Å². The third-order valence-corrected chi connectivity index (χ3v) is 3.54. The monoisotopic (exact) mass is 356 g/mol. The molecule has 8 heteroatoms. The van der Waals surface area contributed by atoms with Gasteiger partial charge in [0.25, 0.3) is 11.8 Å². The Morgan fingerprint density at radius 2 is 1.77 bits per heavy atom. The lowest BCUT2D eigenvalue weighted by atomic mass is 10.0. The van der Waals surface area contributed by atoms with E-state index in [1.54, 1.807) is 19.1 Å². The molecule has 8 nitrogen and oxygen atoms in total. The summed E-state index contributed by atoms with van der Waals surface area (Å²) in [6, 6.07) is 6.14. The second-order valence-corrected chi connectivity index (χ2v) is 5.98. The number of carboxylic acid groups (broad SMARTS) is 1. The van der Waals surface area contributed by atoms with Gasteiger partial charge in [-0.25, -0.2) is 9.97 Å². The molecule has 2 rings (SSSR count). The number of aliphatic carboxylic acids is 1. The molecule has 1 aromatic heterocycles. The molecule has 0 unspecified atom stereocenters. The Balaban J connectivity index is 2.11. The molecule has 0 spiro atoms. The van der Waals surface area contributed by atoms with Crippen molar-refractivity contribution in [2.24, 2.45) is 0 Å². The van der Waals surface area contributed by atoms with Crippen LogP contribution in [0.3, 0.4) is 0 Å². The van der Waals surface area contributed by atoms with Gasteiger partial charge in [0.2, 0.25) is 0 Å². The molecule has 2 aromatic rings. The largest absolute Gasteiger partial charge is 0.480 e. The smallest absolute Gasteiger partial charge is 0.322 e. The number of carboxylic acids is 1. The number of carbonyl (C=O) groups is 3. The molecule has 136 valence electrons. The molecule has 0 radical (unpaired) electrons. The van der Waals surface area contributed by atoms with Crippen molar-refractivity contribution < 1.29 is 19.5 Å². The number of hydrogen-bond donors (Lipinski definition) is 3. The van der Waals surface area contributed by atoms with E-state index >= 15 is 0 Å². The van der Waals surface area contributed by atoms with Crippen LogP contribution in [-0.2, 0) is 4.79 Å². The van der Waals surface area contributed by atoms with E-state index in [9.17, 15) is 14.4 Å². The van der Waals surface area contributed by atoms with Gasteiger partial charge in [-0.05, 0) is 37.1 Å². The molecule has 1 aromatic carbocycles. The molecule has 0 fully saturated rings. The number of nitrogens with zero attached hydrogens (tertiary/aromatic N) is 2. The SMILES string of the molecule is Cc1ncc(C(=O)Nc2ccc(C(=O)NCC(=O)O)cc2)c(C(C)C)n1. The van der Waals surface area contributed by atoms with Crippen LogP contribution in [0.5, 0.6) is 0 Å². The van der Waals surface area contributed by atoms with E-state index in [4.69, 9.17) is 5.11 Å². The molecule has 0 saturated carbocycles. The summed E-state index contributed by atoms with van der Waals surface area (Å²) in [5.74, 6) is -1.29. The summed E-state index contributed by atoms with van der Waals surface area (Å²) in [4.78, 5) is 43.2. The minimum Gasteiger partial charge on any atom is -0.480 e. The lowest BCUT2D eigenvalue weighted by Crippen LogP contribution is -2.29. The van der Waals surface area contributed by atoms with Crippen molar-refractivity contribution in [3.8, 4) is 0 Å². The lowest BCUT2D eigenvalue weighted by molar-refractivity contribution is -0.135. The summed E-state index contributed by atoms with van der Waals surface area (Å²) < 4.78 is 0. The van der Waals surface area contributed by atoms with Crippen molar-refractivity contribution in [1.82, 2.24) is 15.3 Å². The fourth-order valence-electron chi connectivity index (χ4n) is 2.26. The summed E-state index contributed by atoms with van der Waals surface area (Å²) in [7, 11) is 0. The van der Waals surface area contributed by atoms with E-state index in [2.05, 4.69) is 20.6 Å². The van der Waals surface area contributed by atoms with Gasteiger partial charge in [0.1, 0.15) is 12.4 Å². The first-order chi connectivity index (χ1) is 12.3. The van der Waals surface area contributed by atoms with Gasteiger partial charge < -0.3 is 15.7 Å². The number of carbonyl (C=O) groups excluding carboxylic acids is 2. The number of aromatic nitrogens is 2. The Bertz CT molecular complexity index is 832. The second kappa shape index (κ2) is 8.19. The Morgan fingerprint density at radius 3 is 2.35 bits per heavy atom. The van der Waals surface area contributed by atoms with Crippen LogP contribution in [0, 0.1) is 6.92 Å². The van der Waals surface area contributed by atoms with Crippen LogP contribution in [0.4, 0.5) is 5.69 Å². The summed E-state index contributed by atoms with van der Waals surface area (Å²) >= 11 is 0. The first-order valence-corrected chi connectivity index (χ1v) is 8.03. The number of hydrogen-bond acceptors (Lipinski definition) is 5. The molecule has 0 bridgehead atoms. The molecule has 1 heterocycles. The van der Waals surface area contributed by atoms with Gasteiger partial charge in [-0.3, -0.25) is 14.4 Å². The highest BCUT2D eigenvalue weighted by atomic mass is 16.4. The topological polar surface area (TPSA) is 121 Å². The standard InChI is InChI=1S/C18H20N4O4/c1-10(2)16-14(8-19-11(3)21-16)18(26)22-13-6-4-12(5-7-13)17(25)20-9-15(23)24/h4-8,10H,9H2,1-3H3,(H,20,25)(H,22,26)(H,23,24). The van der Waals surface area contributed by atoms with Gasteiger partial charge >= 0.3 is 5.97 Å². The highest BCUT2D eigenvalue weighted by Crippen LogP contribution is 2.18. The van der Waals surface area contributed by atoms with Gasteiger partial charge in [-0.1, -0.05) is 13.8 Å². The van der Waals surface area contributed by atoms with E-state index in [1.807, 2.05) is 13.8 Å². The molecule has 26 heavy (non-hydrogen) atoms. The van der Waals surface area contributed by atoms with Crippen LogP contribution >= 0.6 is 0 Å². The number of rotatable bonds is 6. The number of nitrogens with one attached hydrogen (secondary N) is 2. The number of anilines is 1. The van der Waals surface area contributed by atoms with Crippen molar-refractivity contribution in [2.75, 3.05) is 11.9 Å². The predicted octanol–water partition coefficient (Wildman–Crippen LogP) is 1.98. The molecule has 3 N–H and O–H groups in total. The number of aryl methyl sites for hydroxylation is 1. The molecule has 0 aliphatic carbocycles. The zero-order valence-electron chi connectivity index (χ0n) is 14.7. The summed E-state index contributed by atoms with van der Waals surface area (Å²) in [6.07, 6.45) is 1.50. The molecule has 0 atom stereocenters.